The van der Waals surface area contributed by atoms with Crippen molar-refractivity contribution in [3.8, 4) is 5.75 Å². The minimum atomic E-state index is -0.415. The molecule has 0 atom stereocenters. The topological polar surface area (TPSA) is 64.4 Å². The van der Waals surface area contributed by atoms with Crippen LogP contribution in [0.5, 0.6) is 5.75 Å². The third-order valence-corrected chi connectivity index (χ3v) is 3.93. The van der Waals surface area contributed by atoms with Crippen molar-refractivity contribution in [2.75, 3.05) is 12.4 Å². The van der Waals surface area contributed by atoms with Gasteiger partial charge in [-0.15, -0.1) is 0 Å². The van der Waals surface area contributed by atoms with Crippen LogP contribution >= 0.6 is 31.9 Å². The monoisotopic (exact) mass is 414 g/mol. The summed E-state index contributed by atoms with van der Waals surface area (Å²) >= 11 is 6.80. The highest BCUT2D eigenvalue weighted by molar-refractivity contribution is 9.11. The molecule has 2 rings (SSSR count). The second-order valence-corrected chi connectivity index (χ2v) is 5.99. The van der Waals surface area contributed by atoms with Gasteiger partial charge in [0.1, 0.15) is 18.0 Å². The summed E-state index contributed by atoms with van der Waals surface area (Å²) in [7, 11) is 1.65. The second-order valence-electron chi connectivity index (χ2n) is 4.22. The van der Waals surface area contributed by atoms with Crippen molar-refractivity contribution in [3.63, 3.8) is 0 Å². The molecule has 110 valence electrons. The van der Waals surface area contributed by atoms with Crippen molar-refractivity contribution in [3.05, 3.63) is 61.0 Å². The molecule has 5 nitrogen and oxygen atoms in total. The normalized spacial score (nSPS) is 10.2. The van der Waals surface area contributed by atoms with Crippen LogP contribution in [0.4, 0.5) is 11.4 Å². The fourth-order valence-corrected chi connectivity index (χ4v) is 2.95. The lowest BCUT2D eigenvalue weighted by atomic mass is 10.2. The number of nitrogens with zero attached hydrogens (tertiary/aromatic N) is 1. The first kappa shape index (κ1) is 15.8. The Labute approximate surface area is 138 Å². The molecule has 0 saturated heterocycles. The number of rotatable bonds is 5. The smallest absolute Gasteiger partial charge is 0.292 e. The molecule has 1 N–H and O–H groups in total. The molecule has 0 fully saturated rings. The van der Waals surface area contributed by atoms with Crippen LogP contribution in [-0.2, 0) is 6.61 Å². The van der Waals surface area contributed by atoms with Crippen LogP contribution in [-0.4, -0.2) is 12.0 Å². The van der Waals surface area contributed by atoms with E-state index in [9.17, 15) is 10.1 Å². The number of nitrogens with one attached hydrogen (secondary N) is 1. The largest absolute Gasteiger partial charge is 0.488 e. The summed E-state index contributed by atoms with van der Waals surface area (Å²) in [5.41, 5.74) is 1.36. The molecule has 0 aliphatic rings. The molecule has 7 heteroatoms. The molecule has 0 amide bonds. The number of benzene rings is 2. The van der Waals surface area contributed by atoms with Crippen molar-refractivity contribution >= 4 is 43.2 Å². The lowest BCUT2D eigenvalue weighted by molar-refractivity contribution is -0.384. The zero-order valence-electron chi connectivity index (χ0n) is 11.1. The van der Waals surface area contributed by atoms with Crippen molar-refractivity contribution in [1.29, 1.82) is 0 Å². The average Bonchev–Trinajstić information content (AvgIpc) is 2.45. The Balaban J connectivity index is 2.15. The second kappa shape index (κ2) is 6.91. The molecule has 0 spiro atoms. The Bertz CT molecular complexity index is 677. The van der Waals surface area contributed by atoms with E-state index in [1.54, 1.807) is 19.2 Å². The van der Waals surface area contributed by atoms with Gasteiger partial charge in [0.05, 0.1) is 9.40 Å². The Morgan fingerprint density at radius 1 is 1.24 bits per heavy atom. The van der Waals surface area contributed by atoms with Crippen LogP contribution in [0.3, 0.4) is 0 Å². The molecule has 0 aromatic heterocycles. The minimum Gasteiger partial charge on any atom is -0.488 e. The summed E-state index contributed by atoms with van der Waals surface area (Å²) in [6.45, 7) is 0.326. The van der Waals surface area contributed by atoms with Crippen LogP contribution in [0.15, 0.2) is 45.3 Å². The molecular formula is C14H12Br2N2O3. The van der Waals surface area contributed by atoms with Gasteiger partial charge in [0.2, 0.25) is 0 Å². The van der Waals surface area contributed by atoms with E-state index in [0.717, 1.165) is 14.5 Å². The van der Waals surface area contributed by atoms with Crippen molar-refractivity contribution in [2.45, 2.75) is 6.61 Å². The first-order valence-electron chi connectivity index (χ1n) is 6.04. The molecule has 0 radical (unpaired) electrons. The predicted octanol–water partition coefficient (Wildman–Crippen LogP) is 4.74. The van der Waals surface area contributed by atoms with Gasteiger partial charge in [-0.2, -0.15) is 0 Å². The fourth-order valence-electron chi connectivity index (χ4n) is 1.79. The minimum absolute atomic E-state index is 0.0473. The molecule has 0 saturated carbocycles. The first-order chi connectivity index (χ1) is 10.0. The summed E-state index contributed by atoms with van der Waals surface area (Å²) in [5.74, 6) is 0.711. The highest BCUT2D eigenvalue weighted by atomic mass is 79.9. The van der Waals surface area contributed by atoms with E-state index in [4.69, 9.17) is 4.74 Å². The quantitative estimate of drug-likeness (QED) is 0.565. The van der Waals surface area contributed by atoms with Gasteiger partial charge in [0.25, 0.3) is 5.69 Å². The number of hydrogen-bond donors (Lipinski definition) is 1. The van der Waals surface area contributed by atoms with Gasteiger partial charge in [0, 0.05) is 17.6 Å². The van der Waals surface area contributed by atoms with Crippen molar-refractivity contribution < 1.29 is 9.66 Å². The van der Waals surface area contributed by atoms with E-state index >= 15 is 0 Å². The highest BCUT2D eigenvalue weighted by Gasteiger charge is 2.13. The fraction of sp³-hybridized carbons (Fsp3) is 0.143. The lowest BCUT2D eigenvalue weighted by Crippen LogP contribution is -2.00. The summed E-state index contributed by atoms with van der Waals surface area (Å²) in [6.07, 6.45) is 0. The van der Waals surface area contributed by atoms with Gasteiger partial charge < -0.3 is 10.1 Å². The summed E-state index contributed by atoms with van der Waals surface area (Å²) in [6, 6.07) is 10.5. The third-order valence-electron chi connectivity index (χ3n) is 2.82. The number of nitro benzene ring substituents is 1. The van der Waals surface area contributed by atoms with Crippen LogP contribution in [0, 0.1) is 10.1 Å². The molecule has 0 aliphatic carbocycles. The number of nitro groups is 1. The maximum absolute atomic E-state index is 10.9. The molecule has 0 bridgehead atoms. The maximum Gasteiger partial charge on any atom is 0.292 e. The lowest BCUT2D eigenvalue weighted by Gasteiger charge is -2.10. The van der Waals surface area contributed by atoms with E-state index in [1.807, 2.05) is 18.2 Å². The van der Waals surface area contributed by atoms with E-state index in [-0.39, 0.29) is 5.69 Å². The maximum atomic E-state index is 10.9. The van der Waals surface area contributed by atoms with E-state index < -0.39 is 4.92 Å². The molecule has 2 aromatic rings. The van der Waals surface area contributed by atoms with E-state index in [2.05, 4.69) is 37.2 Å². The zero-order chi connectivity index (χ0) is 15.4. The standard InChI is InChI=1S/C14H12Br2N2O3/c1-17-12-6-9(2-4-13(12)18(19)20)8-21-14-5-3-10(15)7-11(14)16/h2-7,17H,8H2,1H3. The molecule has 2 aromatic carbocycles. The summed E-state index contributed by atoms with van der Waals surface area (Å²) in [4.78, 5) is 10.5. The Kier molecular flexibility index (Phi) is 5.19. The van der Waals surface area contributed by atoms with Crippen molar-refractivity contribution in [1.82, 2.24) is 0 Å². The number of halogens is 2. The zero-order valence-corrected chi connectivity index (χ0v) is 14.3. The third kappa shape index (κ3) is 3.95. The average molecular weight is 416 g/mol. The van der Waals surface area contributed by atoms with Crippen LogP contribution in [0.2, 0.25) is 0 Å². The van der Waals surface area contributed by atoms with Gasteiger partial charge >= 0.3 is 0 Å². The van der Waals surface area contributed by atoms with Gasteiger partial charge in [-0.25, -0.2) is 0 Å². The van der Waals surface area contributed by atoms with Crippen LogP contribution in [0.1, 0.15) is 5.56 Å². The van der Waals surface area contributed by atoms with Crippen molar-refractivity contribution in [2.24, 2.45) is 0 Å². The van der Waals surface area contributed by atoms with Crippen LogP contribution < -0.4 is 10.1 Å². The van der Waals surface area contributed by atoms with Gasteiger partial charge in [-0.1, -0.05) is 15.9 Å². The first-order valence-corrected chi connectivity index (χ1v) is 7.63. The van der Waals surface area contributed by atoms with E-state index in [0.29, 0.717) is 18.0 Å². The number of anilines is 1. The molecule has 21 heavy (non-hydrogen) atoms. The SMILES string of the molecule is CNc1cc(COc2ccc(Br)cc2Br)ccc1[N+](=O)[O-]. The Hall–Kier alpha value is -1.60. The van der Waals surface area contributed by atoms with E-state index in [1.165, 1.54) is 6.07 Å². The van der Waals surface area contributed by atoms with Gasteiger partial charge in [0.15, 0.2) is 0 Å². The predicted molar refractivity (Wildman–Crippen MR) is 88.8 cm³/mol. The Morgan fingerprint density at radius 2 is 2.00 bits per heavy atom. The summed E-state index contributed by atoms with van der Waals surface area (Å²) in [5, 5.41) is 13.7. The Morgan fingerprint density at radius 3 is 2.62 bits per heavy atom. The number of hydrogen-bond acceptors (Lipinski definition) is 4. The highest BCUT2D eigenvalue weighted by Crippen LogP contribution is 2.30. The molecule has 0 unspecified atom stereocenters. The molecule has 0 heterocycles. The summed E-state index contributed by atoms with van der Waals surface area (Å²) < 4.78 is 7.51. The molecular weight excluding hydrogens is 404 g/mol. The van der Waals surface area contributed by atoms with Gasteiger partial charge in [-0.05, 0) is 51.8 Å². The van der Waals surface area contributed by atoms with Crippen LogP contribution in [0.25, 0.3) is 0 Å². The van der Waals surface area contributed by atoms with Gasteiger partial charge in [-0.3, -0.25) is 10.1 Å². The number of ether oxygens (including phenoxy) is 1. The molecule has 0 aliphatic heterocycles.